The van der Waals surface area contributed by atoms with Gasteiger partial charge in [0.1, 0.15) is 12.6 Å². The van der Waals surface area contributed by atoms with Crippen molar-refractivity contribution < 1.29 is 19.5 Å². The molecule has 3 N–H and O–H groups in total. The maximum Gasteiger partial charge on any atom is 0.405 e. The number of carbonyl (C=O) groups excluding carboxylic acids is 2. The highest BCUT2D eigenvalue weighted by Gasteiger charge is 2.22. The number of amides is 3. The van der Waals surface area contributed by atoms with Crippen molar-refractivity contribution in [2.75, 3.05) is 13.6 Å². The van der Waals surface area contributed by atoms with E-state index in [9.17, 15) is 14.4 Å². The lowest BCUT2D eigenvalue weighted by Crippen LogP contribution is -2.48. The number of benzene rings is 1. The van der Waals surface area contributed by atoms with E-state index < -0.39 is 18.0 Å². The second kappa shape index (κ2) is 7.88. The smallest absolute Gasteiger partial charge is 0.405 e. The Balaban J connectivity index is 2.45. The van der Waals surface area contributed by atoms with Gasteiger partial charge in [-0.1, -0.05) is 30.3 Å². The summed E-state index contributed by atoms with van der Waals surface area (Å²) in [7, 11) is 1.46. The molecular weight excluding hydrogens is 274 g/mol. The first-order valence-corrected chi connectivity index (χ1v) is 6.46. The summed E-state index contributed by atoms with van der Waals surface area (Å²) in [5, 5.41) is 13.1. The average Bonchev–Trinajstić information content (AvgIpc) is 2.49. The zero-order chi connectivity index (χ0) is 15.8. The lowest BCUT2D eigenvalue weighted by atomic mass is 10.2. The molecule has 0 bridgehead atoms. The summed E-state index contributed by atoms with van der Waals surface area (Å²) in [6, 6.07) is 8.72. The zero-order valence-electron chi connectivity index (χ0n) is 12.0. The molecule has 0 spiro atoms. The highest BCUT2D eigenvalue weighted by molar-refractivity contribution is 5.88. The van der Waals surface area contributed by atoms with Crippen LogP contribution in [0.2, 0.25) is 0 Å². The third kappa shape index (κ3) is 5.52. The van der Waals surface area contributed by atoms with Crippen LogP contribution < -0.4 is 10.6 Å². The fourth-order valence-corrected chi connectivity index (χ4v) is 1.60. The molecule has 0 radical (unpaired) electrons. The molecule has 3 amide bonds. The molecule has 0 aromatic heterocycles. The van der Waals surface area contributed by atoms with E-state index in [0.717, 1.165) is 5.56 Å². The van der Waals surface area contributed by atoms with Crippen LogP contribution in [0.5, 0.6) is 0 Å². The van der Waals surface area contributed by atoms with Crippen molar-refractivity contribution in [1.82, 2.24) is 15.5 Å². The summed E-state index contributed by atoms with van der Waals surface area (Å²) in [5.41, 5.74) is 0.958. The summed E-state index contributed by atoms with van der Waals surface area (Å²) in [6.07, 6.45) is -1.28. The highest BCUT2D eigenvalue weighted by atomic mass is 16.4. The van der Waals surface area contributed by atoms with Crippen molar-refractivity contribution in [3.63, 3.8) is 0 Å². The predicted molar refractivity (Wildman–Crippen MR) is 76.5 cm³/mol. The van der Waals surface area contributed by atoms with Crippen molar-refractivity contribution in [2.45, 2.75) is 19.5 Å². The van der Waals surface area contributed by atoms with E-state index in [0.29, 0.717) is 6.54 Å². The van der Waals surface area contributed by atoms with E-state index in [2.05, 4.69) is 5.32 Å². The summed E-state index contributed by atoms with van der Waals surface area (Å²) >= 11 is 0. The normalized spacial score (nSPS) is 11.3. The van der Waals surface area contributed by atoms with Crippen LogP contribution in [0.4, 0.5) is 4.79 Å². The van der Waals surface area contributed by atoms with Gasteiger partial charge in [0.15, 0.2) is 0 Å². The molecule has 0 heterocycles. The van der Waals surface area contributed by atoms with Gasteiger partial charge < -0.3 is 20.6 Å². The Bertz CT molecular complexity index is 504. The molecule has 7 nitrogen and oxygen atoms in total. The Morgan fingerprint density at radius 3 is 2.38 bits per heavy atom. The van der Waals surface area contributed by atoms with Crippen LogP contribution in [0.3, 0.4) is 0 Å². The fourth-order valence-electron chi connectivity index (χ4n) is 1.60. The topological polar surface area (TPSA) is 98.7 Å². The van der Waals surface area contributed by atoms with Gasteiger partial charge in [-0.15, -0.1) is 0 Å². The third-order valence-electron chi connectivity index (χ3n) is 3.05. The van der Waals surface area contributed by atoms with Crippen LogP contribution >= 0.6 is 0 Å². The first-order chi connectivity index (χ1) is 9.91. The second-order valence-electron chi connectivity index (χ2n) is 4.54. The van der Waals surface area contributed by atoms with Gasteiger partial charge in [-0.2, -0.15) is 0 Å². The molecular formula is C14H19N3O4. The van der Waals surface area contributed by atoms with Gasteiger partial charge in [-0.05, 0) is 12.5 Å². The minimum absolute atomic E-state index is 0.301. The molecule has 21 heavy (non-hydrogen) atoms. The first kappa shape index (κ1) is 16.5. The summed E-state index contributed by atoms with van der Waals surface area (Å²) < 4.78 is 0. The van der Waals surface area contributed by atoms with E-state index >= 15 is 0 Å². The zero-order valence-corrected chi connectivity index (χ0v) is 12.0. The maximum atomic E-state index is 12.0. The van der Waals surface area contributed by atoms with Gasteiger partial charge in [0.2, 0.25) is 11.8 Å². The quantitative estimate of drug-likeness (QED) is 0.707. The van der Waals surface area contributed by atoms with Gasteiger partial charge >= 0.3 is 6.09 Å². The highest BCUT2D eigenvalue weighted by Crippen LogP contribution is 2.00. The number of nitrogens with zero attached hydrogens (tertiary/aromatic N) is 1. The van der Waals surface area contributed by atoms with Gasteiger partial charge in [0.05, 0.1) is 0 Å². The molecule has 0 saturated heterocycles. The van der Waals surface area contributed by atoms with Crippen LogP contribution in [0.15, 0.2) is 30.3 Å². The molecule has 0 aliphatic heterocycles. The molecule has 0 aliphatic rings. The number of hydrogen-bond acceptors (Lipinski definition) is 3. The number of likely N-dealkylation sites (N-methyl/N-ethyl adjacent to an activating group) is 1. The van der Waals surface area contributed by atoms with E-state index in [1.54, 1.807) is 6.92 Å². The van der Waals surface area contributed by atoms with Crippen LogP contribution in [0.25, 0.3) is 0 Å². The molecule has 1 rings (SSSR count). The summed E-state index contributed by atoms with van der Waals surface area (Å²) in [6.45, 7) is 1.60. The second-order valence-corrected chi connectivity index (χ2v) is 4.54. The lowest BCUT2D eigenvalue weighted by molar-refractivity contribution is -0.137. The monoisotopic (exact) mass is 293 g/mol. The lowest BCUT2D eigenvalue weighted by Gasteiger charge is -2.24. The summed E-state index contributed by atoms with van der Waals surface area (Å²) in [4.78, 5) is 35.2. The summed E-state index contributed by atoms with van der Waals surface area (Å²) in [5.74, 6) is -0.773. The Labute approximate surface area is 122 Å². The number of hydrogen-bond donors (Lipinski definition) is 3. The van der Waals surface area contributed by atoms with Gasteiger partial charge in [0, 0.05) is 13.6 Å². The molecule has 1 unspecified atom stereocenters. The molecule has 7 heteroatoms. The van der Waals surface area contributed by atoms with E-state index in [1.165, 1.54) is 11.9 Å². The minimum atomic E-state index is -1.28. The molecule has 0 saturated carbocycles. The van der Waals surface area contributed by atoms with Gasteiger partial charge in [-0.3, -0.25) is 9.59 Å². The SMILES string of the molecule is CC(C(=O)NCc1ccccc1)N(C)C(=O)CNC(=O)O. The average molecular weight is 293 g/mol. The standard InChI is InChI=1S/C14H19N3O4/c1-10(17(2)12(18)9-16-14(20)21)13(19)15-8-11-6-4-3-5-7-11/h3-7,10,16H,8-9H2,1-2H3,(H,15,19)(H,20,21). The van der Waals surface area contributed by atoms with Gasteiger partial charge in [0.25, 0.3) is 0 Å². The molecule has 1 aromatic rings. The van der Waals surface area contributed by atoms with E-state index in [-0.39, 0.29) is 12.5 Å². The van der Waals surface area contributed by atoms with Gasteiger partial charge in [-0.25, -0.2) is 4.79 Å². The molecule has 1 aromatic carbocycles. The third-order valence-corrected chi connectivity index (χ3v) is 3.05. The van der Waals surface area contributed by atoms with Crippen LogP contribution in [-0.4, -0.2) is 47.5 Å². The van der Waals surface area contributed by atoms with Crippen LogP contribution in [-0.2, 0) is 16.1 Å². The number of carboxylic acid groups (broad SMARTS) is 1. The Morgan fingerprint density at radius 1 is 1.19 bits per heavy atom. The number of carbonyl (C=O) groups is 3. The predicted octanol–water partition coefficient (Wildman–Crippen LogP) is 0.417. The van der Waals surface area contributed by atoms with Crippen molar-refractivity contribution >= 4 is 17.9 Å². The Morgan fingerprint density at radius 2 is 1.81 bits per heavy atom. The Hall–Kier alpha value is -2.57. The largest absolute Gasteiger partial charge is 0.465 e. The van der Waals surface area contributed by atoms with Crippen LogP contribution in [0, 0.1) is 0 Å². The van der Waals surface area contributed by atoms with E-state index in [1.807, 2.05) is 35.6 Å². The van der Waals surface area contributed by atoms with Crippen molar-refractivity contribution in [2.24, 2.45) is 0 Å². The fraction of sp³-hybridized carbons (Fsp3) is 0.357. The number of nitrogens with one attached hydrogen (secondary N) is 2. The van der Waals surface area contributed by atoms with Crippen molar-refractivity contribution in [3.8, 4) is 0 Å². The molecule has 1 atom stereocenters. The molecule has 114 valence electrons. The number of rotatable bonds is 6. The van der Waals surface area contributed by atoms with Crippen LogP contribution in [0.1, 0.15) is 12.5 Å². The molecule has 0 fully saturated rings. The first-order valence-electron chi connectivity index (χ1n) is 6.46. The van der Waals surface area contributed by atoms with Crippen molar-refractivity contribution in [1.29, 1.82) is 0 Å². The van der Waals surface area contributed by atoms with E-state index in [4.69, 9.17) is 5.11 Å². The maximum absolute atomic E-state index is 12.0. The Kier molecular flexibility index (Phi) is 6.19. The minimum Gasteiger partial charge on any atom is -0.465 e. The van der Waals surface area contributed by atoms with Crippen molar-refractivity contribution in [3.05, 3.63) is 35.9 Å². The molecule has 0 aliphatic carbocycles.